The van der Waals surface area contributed by atoms with Gasteiger partial charge in [0.15, 0.2) is 5.78 Å². The molecule has 1 aromatic carbocycles. The third-order valence-corrected chi connectivity index (χ3v) is 5.24. The summed E-state index contributed by atoms with van der Waals surface area (Å²) in [5.74, 6) is -0.903. The number of carbonyl (C=O) groups is 2. The standard InChI is InChI=1S/C18H15FN2O2S/c19-12-6-4-11(5-7-12)15(22)8-9-17(23)21-18-14(10-20)13-2-1-3-16(13)24-18/h4-7H,1-3,8-9H2,(H,21,23). The van der Waals surface area contributed by atoms with Gasteiger partial charge in [0.05, 0.1) is 5.56 Å². The number of thiophene rings is 1. The van der Waals surface area contributed by atoms with Gasteiger partial charge in [-0.1, -0.05) is 0 Å². The Kier molecular flexibility index (Phi) is 4.72. The molecule has 122 valence electrons. The minimum atomic E-state index is -0.404. The van der Waals surface area contributed by atoms with Gasteiger partial charge in [0.2, 0.25) is 5.91 Å². The van der Waals surface area contributed by atoms with Crippen LogP contribution in [0, 0.1) is 17.1 Å². The Hall–Kier alpha value is -2.52. The highest BCUT2D eigenvalue weighted by molar-refractivity contribution is 7.16. The van der Waals surface area contributed by atoms with E-state index >= 15 is 0 Å². The first-order chi connectivity index (χ1) is 11.6. The molecule has 4 nitrogen and oxygen atoms in total. The minimum Gasteiger partial charge on any atom is -0.317 e. The molecule has 0 fully saturated rings. The number of hydrogen-bond donors (Lipinski definition) is 1. The molecule has 0 bridgehead atoms. The highest BCUT2D eigenvalue weighted by Gasteiger charge is 2.23. The molecule has 1 N–H and O–H groups in total. The number of aryl methyl sites for hydroxylation is 1. The molecule has 1 heterocycles. The maximum absolute atomic E-state index is 12.8. The number of nitriles is 1. The van der Waals surface area contributed by atoms with Crippen molar-refractivity contribution in [2.75, 3.05) is 5.32 Å². The first-order valence-corrected chi connectivity index (χ1v) is 8.53. The van der Waals surface area contributed by atoms with Crippen LogP contribution in [0.2, 0.25) is 0 Å². The van der Waals surface area contributed by atoms with Crippen LogP contribution in [0.25, 0.3) is 0 Å². The zero-order valence-corrected chi connectivity index (χ0v) is 13.7. The lowest BCUT2D eigenvalue weighted by Gasteiger charge is -2.04. The van der Waals surface area contributed by atoms with Crippen molar-refractivity contribution < 1.29 is 14.0 Å². The Morgan fingerprint density at radius 2 is 1.96 bits per heavy atom. The van der Waals surface area contributed by atoms with E-state index in [1.54, 1.807) is 0 Å². The van der Waals surface area contributed by atoms with Gasteiger partial charge in [0, 0.05) is 23.3 Å². The lowest BCUT2D eigenvalue weighted by atomic mass is 10.1. The second-order valence-corrected chi connectivity index (χ2v) is 6.76. The highest BCUT2D eigenvalue weighted by atomic mass is 32.1. The lowest BCUT2D eigenvalue weighted by molar-refractivity contribution is -0.116. The second kappa shape index (κ2) is 6.93. The molecule has 1 aliphatic carbocycles. The van der Waals surface area contributed by atoms with Gasteiger partial charge in [-0.3, -0.25) is 9.59 Å². The van der Waals surface area contributed by atoms with Crippen LogP contribution in [0.1, 0.15) is 45.6 Å². The molecule has 1 aliphatic rings. The molecular formula is C18H15FN2O2S. The number of rotatable bonds is 5. The number of hydrogen-bond acceptors (Lipinski definition) is 4. The number of amides is 1. The highest BCUT2D eigenvalue weighted by Crippen LogP contribution is 2.38. The number of nitrogens with one attached hydrogen (secondary N) is 1. The van der Waals surface area contributed by atoms with Gasteiger partial charge in [-0.25, -0.2) is 4.39 Å². The summed E-state index contributed by atoms with van der Waals surface area (Å²) >= 11 is 1.45. The monoisotopic (exact) mass is 342 g/mol. The van der Waals surface area contributed by atoms with Gasteiger partial charge >= 0.3 is 0 Å². The lowest BCUT2D eigenvalue weighted by Crippen LogP contribution is -2.13. The van der Waals surface area contributed by atoms with E-state index in [1.807, 2.05) is 0 Å². The fraction of sp³-hybridized carbons (Fsp3) is 0.278. The Morgan fingerprint density at radius 3 is 2.67 bits per heavy atom. The molecule has 1 aromatic heterocycles. The van der Waals surface area contributed by atoms with Gasteiger partial charge in [-0.15, -0.1) is 11.3 Å². The van der Waals surface area contributed by atoms with Crippen LogP contribution < -0.4 is 5.32 Å². The van der Waals surface area contributed by atoms with Crippen molar-refractivity contribution >= 4 is 28.0 Å². The first-order valence-electron chi connectivity index (χ1n) is 7.71. The van der Waals surface area contributed by atoms with E-state index in [4.69, 9.17) is 0 Å². The zero-order chi connectivity index (χ0) is 17.1. The summed E-state index contributed by atoms with van der Waals surface area (Å²) in [5.41, 5.74) is 2.00. The average molecular weight is 342 g/mol. The number of anilines is 1. The molecular weight excluding hydrogens is 327 g/mol. The molecule has 0 unspecified atom stereocenters. The van der Waals surface area contributed by atoms with Crippen LogP contribution in [-0.4, -0.2) is 11.7 Å². The van der Waals surface area contributed by atoms with E-state index in [1.165, 1.54) is 40.5 Å². The second-order valence-electron chi connectivity index (χ2n) is 5.65. The fourth-order valence-corrected chi connectivity index (χ4v) is 4.06. The number of ketones is 1. The molecule has 3 rings (SSSR count). The summed E-state index contributed by atoms with van der Waals surface area (Å²) in [6.45, 7) is 0. The average Bonchev–Trinajstić information content (AvgIpc) is 3.13. The van der Waals surface area contributed by atoms with Crippen molar-refractivity contribution in [3.8, 4) is 6.07 Å². The molecule has 6 heteroatoms. The predicted molar refractivity (Wildman–Crippen MR) is 89.7 cm³/mol. The van der Waals surface area contributed by atoms with E-state index in [9.17, 15) is 19.2 Å². The smallest absolute Gasteiger partial charge is 0.225 e. The molecule has 0 aliphatic heterocycles. The third-order valence-electron chi connectivity index (χ3n) is 4.03. The SMILES string of the molecule is N#Cc1c(NC(=O)CCC(=O)c2ccc(F)cc2)sc2c1CCC2. The number of carbonyl (C=O) groups excluding carboxylic acids is 2. The van der Waals surface area contributed by atoms with Crippen molar-refractivity contribution in [3.63, 3.8) is 0 Å². The topological polar surface area (TPSA) is 70.0 Å². The van der Waals surface area contributed by atoms with E-state index in [2.05, 4.69) is 11.4 Å². The van der Waals surface area contributed by atoms with Gasteiger partial charge in [0.1, 0.15) is 16.9 Å². The number of halogens is 1. The van der Waals surface area contributed by atoms with Gasteiger partial charge in [-0.2, -0.15) is 5.26 Å². The van der Waals surface area contributed by atoms with Crippen LogP contribution in [0.4, 0.5) is 9.39 Å². The number of benzene rings is 1. The maximum Gasteiger partial charge on any atom is 0.225 e. The fourth-order valence-electron chi connectivity index (χ4n) is 2.81. The Labute approximate surface area is 142 Å². The van der Waals surface area contributed by atoms with Crippen molar-refractivity contribution in [1.29, 1.82) is 5.26 Å². The molecule has 0 atom stereocenters. The quantitative estimate of drug-likeness (QED) is 0.839. The molecule has 0 radical (unpaired) electrons. The molecule has 0 saturated carbocycles. The summed E-state index contributed by atoms with van der Waals surface area (Å²) in [5, 5.41) is 12.6. The molecule has 1 amide bonds. The molecule has 24 heavy (non-hydrogen) atoms. The summed E-state index contributed by atoms with van der Waals surface area (Å²) in [6, 6.07) is 7.43. The first kappa shape index (κ1) is 16.3. The van der Waals surface area contributed by atoms with Gasteiger partial charge in [0.25, 0.3) is 0 Å². The van der Waals surface area contributed by atoms with Crippen LogP contribution in [-0.2, 0) is 17.6 Å². The molecule has 2 aromatic rings. The van der Waals surface area contributed by atoms with Crippen molar-refractivity contribution in [2.24, 2.45) is 0 Å². The van der Waals surface area contributed by atoms with Crippen molar-refractivity contribution in [2.45, 2.75) is 32.1 Å². The summed E-state index contributed by atoms with van der Waals surface area (Å²) in [4.78, 5) is 25.2. The third kappa shape index (κ3) is 3.36. The molecule has 0 saturated heterocycles. The Balaban J connectivity index is 1.59. The zero-order valence-electron chi connectivity index (χ0n) is 12.9. The van der Waals surface area contributed by atoms with Crippen molar-refractivity contribution in [1.82, 2.24) is 0 Å². The van der Waals surface area contributed by atoms with Gasteiger partial charge < -0.3 is 5.32 Å². The van der Waals surface area contributed by atoms with E-state index < -0.39 is 5.82 Å². The van der Waals surface area contributed by atoms with Crippen LogP contribution in [0.5, 0.6) is 0 Å². The van der Waals surface area contributed by atoms with E-state index in [-0.39, 0.29) is 24.5 Å². The summed E-state index contributed by atoms with van der Waals surface area (Å²) in [6.07, 6.45) is 2.96. The Bertz CT molecular complexity index is 834. The van der Waals surface area contributed by atoms with E-state index in [0.29, 0.717) is 16.1 Å². The Morgan fingerprint density at radius 1 is 1.21 bits per heavy atom. The van der Waals surface area contributed by atoms with Crippen molar-refractivity contribution in [3.05, 3.63) is 51.7 Å². The summed E-state index contributed by atoms with van der Waals surface area (Å²) < 4.78 is 12.8. The minimum absolute atomic E-state index is 0.0314. The summed E-state index contributed by atoms with van der Waals surface area (Å²) in [7, 11) is 0. The normalized spacial score (nSPS) is 12.5. The number of Topliss-reactive ketones (excluding diaryl/α,β-unsaturated/α-hetero) is 1. The van der Waals surface area contributed by atoms with Crippen LogP contribution >= 0.6 is 11.3 Å². The maximum atomic E-state index is 12.8. The molecule has 0 spiro atoms. The van der Waals surface area contributed by atoms with E-state index in [0.717, 1.165) is 24.8 Å². The van der Waals surface area contributed by atoms with Crippen LogP contribution in [0.15, 0.2) is 24.3 Å². The van der Waals surface area contributed by atoms with Crippen LogP contribution in [0.3, 0.4) is 0 Å². The predicted octanol–water partition coefficient (Wildman–Crippen LogP) is 3.85. The number of nitrogens with zero attached hydrogens (tertiary/aromatic N) is 1. The van der Waals surface area contributed by atoms with Gasteiger partial charge in [-0.05, 0) is 49.1 Å². The number of fused-ring (bicyclic) bond motifs is 1. The largest absolute Gasteiger partial charge is 0.317 e.